The van der Waals surface area contributed by atoms with Gasteiger partial charge in [-0.2, -0.15) is 0 Å². The summed E-state index contributed by atoms with van der Waals surface area (Å²) in [6.07, 6.45) is 5.81. The zero-order valence-electron chi connectivity index (χ0n) is 12.5. The summed E-state index contributed by atoms with van der Waals surface area (Å²) >= 11 is 0. The quantitative estimate of drug-likeness (QED) is 0.687. The van der Waals surface area contributed by atoms with Crippen molar-refractivity contribution in [3.63, 3.8) is 0 Å². The predicted molar refractivity (Wildman–Crippen MR) is 79.1 cm³/mol. The Hall–Kier alpha value is -0.160. The number of aliphatic hydroxyl groups excluding tert-OH is 1. The highest BCUT2D eigenvalue weighted by molar-refractivity contribution is 4.83. The van der Waals surface area contributed by atoms with E-state index in [1.165, 1.54) is 45.6 Å². The maximum atomic E-state index is 9.30. The zero-order chi connectivity index (χ0) is 13.7. The van der Waals surface area contributed by atoms with Crippen LogP contribution in [0.5, 0.6) is 0 Å². The fourth-order valence-corrected chi connectivity index (χ4v) is 2.88. The highest BCUT2D eigenvalue weighted by atomic mass is 16.3. The van der Waals surface area contributed by atoms with Gasteiger partial charge in [0.25, 0.3) is 0 Å². The Balaban J connectivity index is 1.57. The van der Waals surface area contributed by atoms with E-state index < -0.39 is 0 Å². The Morgan fingerprint density at radius 2 is 1.79 bits per heavy atom. The van der Waals surface area contributed by atoms with Crippen LogP contribution < -0.4 is 5.73 Å². The summed E-state index contributed by atoms with van der Waals surface area (Å²) < 4.78 is 0. The second kappa shape index (κ2) is 7.02. The Labute approximate surface area is 117 Å². The predicted octanol–water partition coefficient (Wildman–Crippen LogP) is 0.894. The number of nitrogens with zero attached hydrogens (tertiary/aromatic N) is 2. The first kappa shape index (κ1) is 15.2. The fourth-order valence-electron chi connectivity index (χ4n) is 2.88. The van der Waals surface area contributed by atoms with Crippen molar-refractivity contribution in [2.45, 2.75) is 44.6 Å². The van der Waals surface area contributed by atoms with Crippen molar-refractivity contribution in [2.75, 3.05) is 45.9 Å². The van der Waals surface area contributed by atoms with Gasteiger partial charge in [0.1, 0.15) is 0 Å². The molecule has 0 aromatic rings. The van der Waals surface area contributed by atoms with Gasteiger partial charge in [0.15, 0.2) is 0 Å². The van der Waals surface area contributed by atoms with Crippen LogP contribution in [0.1, 0.15) is 39.0 Å². The number of hydrogen-bond donors (Lipinski definition) is 2. The van der Waals surface area contributed by atoms with Crippen LogP contribution in [-0.2, 0) is 0 Å². The molecule has 0 amide bonds. The van der Waals surface area contributed by atoms with Crippen LogP contribution >= 0.6 is 0 Å². The van der Waals surface area contributed by atoms with Crippen molar-refractivity contribution in [2.24, 2.45) is 11.7 Å². The topological polar surface area (TPSA) is 52.7 Å². The molecule has 0 bridgehead atoms. The van der Waals surface area contributed by atoms with Crippen molar-refractivity contribution in [1.29, 1.82) is 0 Å². The van der Waals surface area contributed by atoms with Crippen molar-refractivity contribution in [3.8, 4) is 0 Å². The molecule has 4 heteroatoms. The highest BCUT2D eigenvalue weighted by Crippen LogP contribution is 2.29. The summed E-state index contributed by atoms with van der Waals surface area (Å²) in [7, 11) is 0. The minimum absolute atomic E-state index is 0.110. The standard InChI is InChI=1S/C15H31N3O/c1-2-15(16,13-19)6-3-7-17-8-10-18(11-9-17)12-14-4-5-14/h14,19H,2-13,16H2,1H3. The molecule has 0 aromatic heterocycles. The first-order valence-electron chi connectivity index (χ1n) is 7.99. The average Bonchev–Trinajstić information content (AvgIpc) is 3.24. The molecule has 3 N–H and O–H groups in total. The normalized spacial score (nSPS) is 25.4. The molecule has 1 heterocycles. The minimum Gasteiger partial charge on any atom is -0.394 e. The largest absolute Gasteiger partial charge is 0.394 e. The van der Waals surface area contributed by atoms with Crippen molar-refractivity contribution in [1.82, 2.24) is 9.80 Å². The smallest absolute Gasteiger partial charge is 0.0611 e. The lowest BCUT2D eigenvalue weighted by Crippen LogP contribution is -2.48. The molecule has 1 aliphatic carbocycles. The van der Waals surface area contributed by atoms with E-state index in [-0.39, 0.29) is 12.1 Å². The Morgan fingerprint density at radius 3 is 2.32 bits per heavy atom. The van der Waals surface area contributed by atoms with Crippen LogP contribution in [0, 0.1) is 5.92 Å². The average molecular weight is 269 g/mol. The molecule has 0 radical (unpaired) electrons. The van der Waals surface area contributed by atoms with Crippen molar-refractivity contribution >= 4 is 0 Å². The molecule has 0 spiro atoms. The second-order valence-electron chi connectivity index (χ2n) is 6.56. The van der Waals surface area contributed by atoms with Gasteiger partial charge < -0.3 is 20.6 Å². The lowest BCUT2D eigenvalue weighted by Gasteiger charge is -2.35. The molecule has 1 saturated heterocycles. The van der Waals surface area contributed by atoms with Crippen LogP contribution in [0.25, 0.3) is 0 Å². The molecule has 2 aliphatic rings. The van der Waals surface area contributed by atoms with Gasteiger partial charge in [-0.1, -0.05) is 6.92 Å². The molecule has 1 unspecified atom stereocenters. The van der Waals surface area contributed by atoms with Gasteiger partial charge in [0, 0.05) is 38.3 Å². The van der Waals surface area contributed by atoms with Gasteiger partial charge in [0.2, 0.25) is 0 Å². The number of aliphatic hydroxyl groups is 1. The third kappa shape index (κ3) is 5.03. The van der Waals surface area contributed by atoms with E-state index in [4.69, 9.17) is 5.73 Å². The van der Waals surface area contributed by atoms with Gasteiger partial charge in [-0.3, -0.25) is 0 Å². The zero-order valence-corrected chi connectivity index (χ0v) is 12.5. The van der Waals surface area contributed by atoms with Crippen LogP contribution in [0.15, 0.2) is 0 Å². The number of hydrogen-bond acceptors (Lipinski definition) is 4. The lowest BCUT2D eigenvalue weighted by molar-refractivity contribution is 0.120. The molecule has 1 aliphatic heterocycles. The summed E-state index contributed by atoms with van der Waals surface area (Å²) in [6, 6.07) is 0. The first-order chi connectivity index (χ1) is 9.15. The van der Waals surface area contributed by atoms with Crippen LogP contribution in [-0.4, -0.2) is 66.3 Å². The van der Waals surface area contributed by atoms with E-state index in [1.807, 2.05) is 0 Å². The van der Waals surface area contributed by atoms with Gasteiger partial charge in [-0.25, -0.2) is 0 Å². The second-order valence-corrected chi connectivity index (χ2v) is 6.56. The minimum atomic E-state index is -0.353. The summed E-state index contributed by atoms with van der Waals surface area (Å²) in [5, 5.41) is 9.30. The van der Waals surface area contributed by atoms with E-state index in [1.54, 1.807) is 0 Å². The van der Waals surface area contributed by atoms with Crippen molar-refractivity contribution in [3.05, 3.63) is 0 Å². The molecular weight excluding hydrogens is 238 g/mol. The molecular formula is C15H31N3O. The maximum absolute atomic E-state index is 9.30. The van der Waals surface area contributed by atoms with E-state index >= 15 is 0 Å². The molecule has 1 saturated carbocycles. The van der Waals surface area contributed by atoms with Crippen LogP contribution in [0.3, 0.4) is 0 Å². The fraction of sp³-hybridized carbons (Fsp3) is 1.00. The molecule has 0 aromatic carbocycles. The summed E-state index contributed by atoms with van der Waals surface area (Å²) in [6.45, 7) is 9.52. The Kier molecular flexibility index (Phi) is 5.63. The van der Waals surface area contributed by atoms with Crippen LogP contribution in [0.4, 0.5) is 0 Å². The molecule has 2 fully saturated rings. The highest BCUT2D eigenvalue weighted by Gasteiger charge is 2.26. The van der Waals surface area contributed by atoms with Gasteiger partial charge in [-0.15, -0.1) is 0 Å². The third-order valence-electron chi connectivity index (χ3n) is 4.85. The van der Waals surface area contributed by atoms with E-state index in [2.05, 4.69) is 16.7 Å². The van der Waals surface area contributed by atoms with E-state index in [0.717, 1.165) is 31.7 Å². The summed E-state index contributed by atoms with van der Waals surface area (Å²) in [5.74, 6) is 1.01. The van der Waals surface area contributed by atoms with Gasteiger partial charge in [0.05, 0.1) is 6.61 Å². The molecule has 2 rings (SSSR count). The number of rotatable bonds is 8. The van der Waals surface area contributed by atoms with Gasteiger partial charge in [-0.05, 0) is 44.6 Å². The van der Waals surface area contributed by atoms with Crippen LogP contribution in [0.2, 0.25) is 0 Å². The lowest BCUT2D eigenvalue weighted by atomic mass is 9.92. The Bertz CT molecular complexity index is 256. The summed E-state index contributed by atoms with van der Waals surface area (Å²) in [4.78, 5) is 5.18. The third-order valence-corrected chi connectivity index (χ3v) is 4.85. The SMILES string of the molecule is CCC(N)(CO)CCCN1CCN(CC2CC2)CC1. The monoisotopic (exact) mass is 269 g/mol. The molecule has 1 atom stereocenters. The molecule has 4 nitrogen and oxygen atoms in total. The van der Waals surface area contributed by atoms with E-state index in [9.17, 15) is 5.11 Å². The Morgan fingerprint density at radius 1 is 1.16 bits per heavy atom. The maximum Gasteiger partial charge on any atom is 0.0611 e. The van der Waals surface area contributed by atoms with E-state index in [0.29, 0.717) is 0 Å². The molecule has 19 heavy (non-hydrogen) atoms. The number of piperazine rings is 1. The van der Waals surface area contributed by atoms with Crippen molar-refractivity contribution < 1.29 is 5.11 Å². The molecule has 112 valence electrons. The summed E-state index contributed by atoms with van der Waals surface area (Å²) in [5.41, 5.74) is 5.77. The number of nitrogens with two attached hydrogens (primary N) is 1. The van der Waals surface area contributed by atoms with Gasteiger partial charge >= 0.3 is 0 Å². The first-order valence-corrected chi connectivity index (χ1v) is 7.99.